The fourth-order valence-electron chi connectivity index (χ4n) is 3.33. The molecule has 0 aliphatic heterocycles. The lowest BCUT2D eigenvalue weighted by Crippen LogP contribution is -2.37. The van der Waals surface area contributed by atoms with E-state index in [1.54, 1.807) is 30.7 Å². The number of nitrogens with one attached hydrogen (secondary N) is 1. The SMILES string of the molecule is Cc1cc2c(c(=O)n(C)c(=O)n2C)n1CC(=O)Nc1cc(-c2ccc(Br)cc2)on1. The van der Waals surface area contributed by atoms with E-state index in [1.807, 2.05) is 24.3 Å². The van der Waals surface area contributed by atoms with Gasteiger partial charge < -0.3 is 14.4 Å². The van der Waals surface area contributed by atoms with Gasteiger partial charge in [0.15, 0.2) is 11.6 Å². The number of carbonyl (C=O) groups excluding carboxylic acids is 1. The van der Waals surface area contributed by atoms with Crippen LogP contribution in [-0.4, -0.2) is 24.8 Å². The van der Waals surface area contributed by atoms with Gasteiger partial charge in [0, 0.05) is 35.9 Å². The zero-order valence-corrected chi connectivity index (χ0v) is 18.1. The topological polar surface area (TPSA) is 104 Å². The Bertz CT molecular complexity index is 1390. The molecular formula is C20H18BrN5O4. The monoisotopic (exact) mass is 471 g/mol. The van der Waals surface area contributed by atoms with Crippen molar-refractivity contribution in [3.05, 3.63) is 67.4 Å². The summed E-state index contributed by atoms with van der Waals surface area (Å²) in [5, 5.41) is 6.57. The average molecular weight is 472 g/mol. The molecule has 154 valence electrons. The minimum Gasteiger partial charge on any atom is -0.354 e. The molecule has 10 heteroatoms. The number of amides is 1. The lowest BCUT2D eigenvalue weighted by Gasteiger charge is -2.09. The molecule has 3 aromatic heterocycles. The number of anilines is 1. The van der Waals surface area contributed by atoms with E-state index in [0.717, 1.165) is 14.6 Å². The number of nitrogens with zero attached hydrogens (tertiary/aromatic N) is 4. The number of carbonyl (C=O) groups is 1. The van der Waals surface area contributed by atoms with E-state index in [0.29, 0.717) is 22.5 Å². The predicted octanol–water partition coefficient (Wildman–Crippen LogP) is 2.40. The third kappa shape index (κ3) is 3.39. The van der Waals surface area contributed by atoms with Gasteiger partial charge in [-0.2, -0.15) is 0 Å². The standard InChI is InChI=1S/C20H18BrN5O4/c1-11-8-14-18(19(28)25(3)20(29)24(14)2)26(11)10-17(27)22-16-9-15(30-23-16)12-4-6-13(21)7-5-12/h4-9H,10H2,1-3H3,(H,22,23,27). The summed E-state index contributed by atoms with van der Waals surface area (Å²) >= 11 is 3.38. The maximum absolute atomic E-state index is 12.6. The molecule has 1 amide bonds. The molecule has 0 spiro atoms. The minimum absolute atomic E-state index is 0.108. The zero-order valence-electron chi connectivity index (χ0n) is 16.5. The smallest absolute Gasteiger partial charge is 0.331 e. The molecule has 1 N–H and O–H groups in total. The third-order valence-electron chi connectivity index (χ3n) is 4.93. The lowest BCUT2D eigenvalue weighted by molar-refractivity contribution is -0.116. The first-order chi connectivity index (χ1) is 14.3. The quantitative estimate of drug-likeness (QED) is 0.492. The van der Waals surface area contributed by atoms with Gasteiger partial charge in [-0.1, -0.05) is 33.2 Å². The molecule has 0 radical (unpaired) electrons. The Balaban J connectivity index is 1.60. The van der Waals surface area contributed by atoms with E-state index in [-0.39, 0.29) is 18.3 Å². The molecule has 3 heterocycles. The van der Waals surface area contributed by atoms with Crippen LogP contribution >= 0.6 is 15.9 Å². The molecule has 0 aliphatic rings. The molecule has 30 heavy (non-hydrogen) atoms. The summed E-state index contributed by atoms with van der Waals surface area (Å²) in [6.07, 6.45) is 0. The van der Waals surface area contributed by atoms with Gasteiger partial charge in [0.2, 0.25) is 5.91 Å². The van der Waals surface area contributed by atoms with Gasteiger partial charge in [-0.25, -0.2) is 4.79 Å². The normalized spacial score (nSPS) is 11.2. The number of hydrogen-bond acceptors (Lipinski definition) is 5. The van der Waals surface area contributed by atoms with Crippen LogP contribution in [-0.2, 0) is 25.4 Å². The lowest BCUT2D eigenvalue weighted by atomic mass is 10.2. The van der Waals surface area contributed by atoms with Crippen molar-refractivity contribution in [3.63, 3.8) is 0 Å². The third-order valence-corrected chi connectivity index (χ3v) is 5.46. The first-order valence-electron chi connectivity index (χ1n) is 9.04. The molecule has 0 bridgehead atoms. The van der Waals surface area contributed by atoms with E-state index in [2.05, 4.69) is 26.4 Å². The van der Waals surface area contributed by atoms with E-state index in [9.17, 15) is 14.4 Å². The van der Waals surface area contributed by atoms with Gasteiger partial charge in [-0.15, -0.1) is 0 Å². The summed E-state index contributed by atoms with van der Waals surface area (Å²) in [5.41, 5.74) is 1.41. The second kappa shape index (κ2) is 7.45. The van der Waals surface area contributed by atoms with Crippen molar-refractivity contribution in [2.75, 3.05) is 5.32 Å². The van der Waals surface area contributed by atoms with Crippen LogP contribution in [0.5, 0.6) is 0 Å². The molecule has 4 aromatic rings. The van der Waals surface area contributed by atoms with Crippen LogP contribution in [0.2, 0.25) is 0 Å². The molecule has 0 saturated heterocycles. The van der Waals surface area contributed by atoms with Crippen molar-refractivity contribution in [1.82, 2.24) is 18.9 Å². The van der Waals surface area contributed by atoms with E-state index in [4.69, 9.17) is 4.52 Å². The summed E-state index contributed by atoms with van der Waals surface area (Å²) in [5.74, 6) is 0.416. The summed E-state index contributed by atoms with van der Waals surface area (Å²) in [6, 6.07) is 10.8. The van der Waals surface area contributed by atoms with Gasteiger partial charge in [-0.05, 0) is 25.1 Å². The second-order valence-corrected chi connectivity index (χ2v) is 7.86. The number of benzene rings is 1. The summed E-state index contributed by atoms with van der Waals surface area (Å²) < 4.78 is 10.2. The minimum atomic E-state index is -0.451. The van der Waals surface area contributed by atoms with Gasteiger partial charge in [0.1, 0.15) is 12.1 Å². The molecule has 9 nitrogen and oxygen atoms in total. The van der Waals surface area contributed by atoms with Crippen molar-refractivity contribution in [3.8, 4) is 11.3 Å². The number of hydrogen-bond donors (Lipinski definition) is 1. The van der Waals surface area contributed by atoms with E-state index < -0.39 is 11.2 Å². The van der Waals surface area contributed by atoms with Crippen LogP contribution in [0.25, 0.3) is 22.4 Å². The maximum atomic E-state index is 12.6. The molecule has 0 fully saturated rings. The van der Waals surface area contributed by atoms with Crippen LogP contribution in [0, 0.1) is 6.92 Å². The molecule has 0 atom stereocenters. The summed E-state index contributed by atoms with van der Waals surface area (Å²) in [6.45, 7) is 1.67. The molecule has 1 aromatic carbocycles. The van der Waals surface area contributed by atoms with Gasteiger partial charge in [0.05, 0.1) is 5.52 Å². The zero-order chi connectivity index (χ0) is 21.6. The molecular weight excluding hydrogens is 454 g/mol. The maximum Gasteiger partial charge on any atom is 0.331 e. The van der Waals surface area contributed by atoms with E-state index >= 15 is 0 Å². The first-order valence-corrected chi connectivity index (χ1v) is 9.84. The number of aromatic nitrogens is 4. The second-order valence-electron chi connectivity index (χ2n) is 6.94. The number of fused-ring (bicyclic) bond motifs is 1. The number of rotatable bonds is 4. The highest BCUT2D eigenvalue weighted by Crippen LogP contribution is 2.24. The Morgan fingerprint density at radius 1 is 1.13 bits per heavy atom. The van der Waals surface area contributed by atoms with Crippen molar-refractivity contribution in [2.45, 2.75) is 13.5 Å². The van der Waals surface area contributed by atoms with Crippen LogP contribution in [0.4, 0.5) is 5.82 Å². The van der Waals surface area contributed by atoms with Crippen molar-refractivity contribution in [2.24, 2.45) is 14.1 Å². The summed E-state index contributed by atoms with van der Waals surface area (Å²) in [7, 11) is 3.00. The van der Waals surface area contributed by atoms with Crippen LogP contribution in [0.15, 0.2) is 55.0 Å². The fraction of sp³-hybridized carbons (Fsp3) is 0.200. The van der Waals surface area contributed by atoms with Crippen LogP contribution < -0.4 is 16.6 Å². The predicted molar refractivity (Wildman–Crippen MR) is 115 cm³/mol. The van der Waals surface area contributed by atoms with Crippen molar-refractivity contribution in [1.29, 1.82) is 0 Å². The summed E-state index contributed by atoms with van der Waals surface area (Å²) in [4.78, 5) is 37.4. The van der Waals surface area contributed by atoms with Gasteiger partial charge in [-0.3, -0.25) is 18.7 Å². The van der Waals surface area contributed by atoms with Crippen LogP contribution in [0.3, 0.4) is 0 Å². The molecule has 0 unspecified atom stereocenters. The Labute approximate surface area is 178 Å². The Morgan fingerprint density at radius 3 is 2.53 bits per heavy atom. The molecule has 0 aliphatic carbocycles. The fourth-order valence-corrected chi connectivity index (χ4v) is 3.59. The first kappa shape index (κ1) is 19.9. The number of aryl methyl sites for hydroxylation is 2. The Kier molecular flexibility index (Phi) is 4.94. The van der Waals surface area contributed by atoms with Gasteiger partial charge in [0.25, 0.3) is 5.56 Å². The highest BCUT2D eigenvalue weighted by atomic mass is 79.9. The largest absolute Gasteiger partial charge is 0.354 e. The van der Waals surface area contributed by atoms with Gasteiger partial charge >= 0.3 is 5.69 Å². The number of halogens is 1. The Hall–Kier alpha value is -3.40. The highest BCUT2D eigenvalue weighted by molar-refractivity contribution is 9.10. The van der Waals surface area contributed by atoms with Crippen LogP contribution in [0.1, 0.15) is 5.69 Å². The molecule has 0 saturated carbocycles. The van der Waals surface area contributed by atoms with Crippen molar-refractivity contribution >= 4 is 38.7 Å². The van der Waals surface area contributed by atoms with E-state index in [1.165, 1.54) is 11.6 Å². The Morgan fingerprint density at radius 2 is 1.83 bits per heavy atom. The van der Waals surface area contributed by atoms with Crippen molar-refractivity contribution < 1.29 is 9.32 Å². The highest BCUT2D eigenvalue weighted by Gasteiger charge is 2.18. The molecule has 4 rings (SSSR count). The average Bonchev–Trinajstić information content (AvgIpc) is 3.30.